The van der Waals surface area contributed by atoms with Crippen molar-refractivity contribution < 1.29 is 14.2 Å². The Morgan fingerprint density at radius 3 is 2.23 bits per heavy atom. The van der Waals surface area contributed by atoms with Crippen molar-refractivity contribution in [3.63, 3.8) is 0 Å². The van der Waals surface area contributed by atoms with E-state index in [-0.39, 0.29) is 30.9 Å². The van der Waals surface area contributed by atoms with E-state index in [1.165, 1.54) is 48.8 Å². The monoisotopic (exact) mass is 526 g/mol. The third kappa shape index (κ3) is 9.05. The molecule has 5 nitrogen and oxygen atoms in total. The number of hydrogen-bond acceptors (Lipinski definition) is 5. The fraction of sp³-hybridized carbons (Fsp3) is 0.571. The third-order valence-corrected chi connectivity index (χ3v) is 6.93. The Balaban J connectivity index is 0.00000306. The Morgan fingerprint density at radius 2 is 1.54 bits per heavy atom. The number of aryl methyl sites for hydroxylation is 1. The fourth-order valence-electron chi connectivity index (χ4n) is 5.03. The van der Waals surface area contributed by atoms with Gasteiger partial charge in [-0.25, -0.2) is 0 Å². The molecule has 2 unspecified atom stereocenters. The van der Waals surface area contributed by atoms with Crippen molar-refractivity contribution in [3.8, 4) is 17.2 Å². The molecule has 3 N–H and O–H groups in total. The first-order chi connectivity index (χ1) is 16.2. The van der Waals surface area contributed by atoms with Gasteiger partial charge in [0, 0.05) is 11.6 Å². The molecule has 0 bridgehead atoms. The van der Waals surface area contributed by atoms with Crippen LogP contribution in [0.15, 0.2) is 36.4 Å². The summed E-state index contributed by atoms with van der Waals surface area (Å²) in [6.07, 6.45) is 10.4. The lowest BCUT2D eigenvalue weighted by Crippen LogP contribution is -2.33. The van der Waals surface area contributed by atoms with Crippen LogP contribution in [0.4, 0.5) is 0 Å². The molecule has 2 aromatic carbocycles. The molecule has 198 valence electrons. The Hall–Kier alpha value is -1.66. The molecule has 7 heteroatoms. The molecule has 0 spiro atoms. The number of fused-ring (bicyclic) bond motifs is 1. The highest BCUT2D eigenvalue weighted by atomic mass is 35.5. The average molecular weight is 528 g/mol. The smallest absolute Gasteiger partial charge is 0.164 e. The maximum Gasteiger partial charge on any atom is 0.164 e. The number of hydrogen-bond donors (Lipinski definition) is 2. The molecular formula is C28H44Cl2N2O3. The van der Waals surface area contributed by atoms with Crippen LogP contribution in [-0.4, -0.2) is 40.5 Å². The lowest BCUT2D eigenvalue weighted by atomic mass is 9.76. The first-order valence-corrected chi connectivity index (χ1v) is 12.5. The van der Waals surface area contributed by atoms with Crippen LogP contribution in [0.1, 0.15) is 67.6 Å². The lowest BCUT2D eigenvalue weighted by molar-refractivity contribution is 0.343. The van der Waals surface area contributed by atoms with Crippen molar-refractivity contribution in [1.29, 1.82) is 0 Å². The highest BCUT2D eigenvalue weighted by Gasteiger charge is 2.29. The Bertz CT molecular complexity index is 849. The Labute approximate surface area is 224 Å². The van der Waals surface area contributed by atoms with Crippen LogP contribution in [0, 0.1) is 0 Å². The summed E-state index contributed by atoms with van der Waals surface area (Å²) in [5, 5.41) is 3.59. The standard InChI is InChI=1S/C28H42N2O3.2ClH/c1-31-22-13-11-21(12-14-22)9-8-20-30-19-7-5-4-6-10-24-23-16-18-27(32-2)28(33-3)25(23)15-17-26(24)29;;/h11-14,16,18,24,26,30H,4-10,15,17,19-20,29H2,1-3H3;2*1H. The van der Waals surface area contributed by atoms with E-state index in [9.17, 15) is 0 Å². The molecule has 0 aromatic heterocycles. The molecule has 0 saturated carbocycles. The lowest BCUT2D eigenvalue weighted by Gasteiger charge is -2.32. The van der Waals surface area contributed by atoms with Crippen molar-refractivity contribution in [1.82, 2.24) is 5.32 Å². The maximum atomic E-state index is 6.53. The summed E-state index contributed by atoms with van der Waals surface area (Å²) in [6.45, 7) is 2.18. The number of nitrogens with one attached hydrogen (secondary N) is 1. The number of halogens is 2. The number of methoxy groups -OCH3 is 3. The van der Waals surface area contributed by atoms with Crippen LogP contribution >= 0.6 is 24.8 Å². The van der Waals surface area contributed by atoms with Gasteiger partial charge in [0.2, 0.25) is 0 Å². The minimum Gasteiger partial charge on any atom is -0.497 e. The molecular weight excluding hydrogens is 483 g/mol. The largest absolute Gasteiger partial charge is 0.497 e. The zero-order valence-electron chi connectivity index (χ0n) is 21.5. The summed E-state index contributed by atoms with van der Waals surface area (Å²) >= 11 is 0. The van der Waals surface area contributed by atoms with E-state index >= 15 is 0 Å². The molecule has 3 rings (SSSR count). The van der Waals surface area contributed by atoms with Crippen molar-refractivity contribution in [3.05, 3.63) is 53.1 Å². The van der Waals surface area contributed by atoms with Crippen LogP contribution < -0.4 is 25.3 Å². The zero-order chi connectivity index (χ0) is 23.5. The minimum atomic E-state index is 0. The Kier molecular flexibility index (Phi) is 15.2. The van der Waals surface area contributed by atoms with Gasteiger partial charge in [-0.05, 0) is 86.9 Å². The van der Waals surface area contributed by atoms with Gasteiger partial charge in [0.15, 0.2) is 11.5 Å². The molecule has 0 heterocycles. The van der Waals surface area contributed by atoms with Crippen molar-refractivity contribution in [2.24, 2.45) is 5.73 Å². The van der Waals surface area contributed by atoms with E-state index in [4.69, 9.17) is 19.9 Å². The van der Waals surface area contributed by atoms with E-state index in [0.29, 0.717) is 5.92 Å². The van der Waals surface area contributed by atoms with Crippen LogP contribution in [0.25, 0.3) is 0 Å². The first-order valence-electron chi connectivity index (χ1n) is 12.5. The molecule has 0 aliphatic heterocycles. The molecule has 1 aliphatic carbocycles. The second-order valence-corrected chi connectivity index (χ2v) is 9.08. The van der Waals surface area contributed by atoms with Crippen LogP contribution in [-0.2, 0) is 12.8 Å². The molecule has 0 saturated heterocycles. The van der Waals surface area contributed by atoms with E-state index in [1.807, 2.05) is 18.2 Å². The Morgan fingerprint density at radius 1 is 0.829 bits per heavy atom. The molecule has 1 aliphatic rings. The summed E-state index contributed by atoms with van der Waals surface area (Å²) in [5.41, 5.74) is 10.6. The highest BCUT2D eigenvalue weighted by Crippen LogP contribution is 2.43. The van der Waals surface area contributed by atoms with E-state index < -0.39 is 0 Å². The first kappa shape index (κ1) is 31.4. The van der Waals surface area contributed by atoms with Gasteiger partial charge in [-0.3, -0.25) is 0 Å². The second kappa shape index (κ2) is 16.9. The summed E-state index contributed by atoms with van der Waals surface area (Å²) in [7, 11) is 5.14. The van der Waals surface area contributed by atoms with Crippen molar-refractivity contribution >= 4 is 24.8 Å². The quantitative estimate of drug-likeness (QED) is 0.291. The second-order valence-electron chi connectivity index (χ2n) is 9.08. The van der Waals surface area contributed by atoms with Gasteiger partial charge in [-0.15, -0.1) is 24.8 Å². The average Bonchev–Trinajstić information content (AvgIpc) is 2.85. The number of rotatable bonds is 14. The van der Waals surface area contributed by atoms with E-state index in [0.717, 1.165) is 56.0 Å². The number of nitrogens with two attached hydrogens (primary N) is 1. The summed E-state index contributed by atoms with van der Waals surface area (Å²) in [6, 6.07) is 12.9. The van der Waals surface area contributed by atoms with Crippen molar-refractivity contribution in [2.75, 3.05) is 34.4 Å². The van der Waals surface area contributed by atoms with Gasteiger partial charge in [-0.2, -0.15) is 0 Å². The van der Waals surface area contributed by atoms with Crippen molar-refractivity contribution in [2.45, 2.75) is 69.7 Å². The predicted molar refractivity (Wildman–Crippen MR) is 150 cm³/mol. The number of benzene rings is 2. The summed E-state index contributed by atoms with van der Waals surface area (Å²) in [4.78, 5) is 0. The minimum absolute atomic E-state index is 0. The van der Waals surface area contributed by atoms with Gasteiger partial charge < -0.3 is 25.3 Å². The molecule has 0 radical (unpaired) electrons. The normalized spacial score (nSPS) is 16.5. The topological polar surface area (TPSA) is 65.7 Å². The number of unbranched alkanes of at least 4 members (excludes halogenated alkanes) is 3. The van der Waals surface area contributed by atoms with Gasteiger partial charge in [-0.1, -0.05) is 37.5 Å². The highest BCUT2D eigenvalue weighted by molar-refractivity contribution is 5.85. The van der Waals surface area contributed by atoms with Gasteiger partial charge in [0.05, 0.1) is 21.3 Å². The zero-order valence-corrected chi connectivity index (χ0v) is 23.1. The summed E-state index contributed by atoms with van der Waals surface area (Å²) in [5.74, 6) is 3.06. The molecule has 0 amide bonds. The van der Waals surface area contributed by atoms with Crippen LogP contribution in [0.5, 0.6) is 17.2 Å². The molecule has 35 heavy (non-hydrogen) atoms. The fourth-order valence-corrected chi connectivity index (χ4v) is 5.03. The van der Waals surface area contributed by atoms with Crippen LogP contribution in [0.3, 0.4) is 0 Å². The molecule has 2 aromatic rings. The van der Waals surface area contributed by atoms with Gasteiger partial charge in [0.1, 0.15) is 5.75 Å². The SMILES string of the molecule is COc1ccc(CCCNCCCCCCC2c3ccc(OC)c(OC)c3CCC2N)cc1.Cl.Cl. The predicted octanol–water partition coefficient (Wildman–Crippen LogP) is 6.09. The maximum absolute atomic E-state index is 6.53. The van der Waals surface area contributed by atoms with E-state index in [2.05, 4.69) is 23.5 Å². The molecule has 0 fully saturated rings. The molecule has 2 atom stereocenters. The summed E-state index contributed by atoms with van der Waals surface area (Å²) < 4.78 is 16.4. The third-order valence-electron chi connectivity index (χ3n) is 6.93. The van der Waals surface area contributed by atoms with Gasteiger partial charge in [0.25, 0.3) is 0 Å². The van der Waals surface area contributed by atoms with Crippen LogP contribution in [0.2, 0.25) is 0 Å². The van der Waals surface area contributed by atoms with Gasteiger partial charge >= 0.3 is 0 Å². The number of ether oxygens (including phenoxy) is 3. The van der Waals surface area contributed by atoms with E-state index in [1.54, 1.807) is 21.3 Å².